The number of fused-ring (bicyclic) bond motifs is 1. The van der Waals surface area contributed by atoms with Crippen LogP contribution in [0.1, 0.15) is 12.8 Å². The van der Waals surface area contributed by atoms with E-state index in [9.17, 15) is 13.2 Å². The van der Waals surface area contributed by atoms with E-state index >= 15 is 0 Å². The zero-order valence-electron chi connectivity index (χ0n) is 9.68. The number of nitrogens with one attached hydrogen (secondary N) is 2. The molecule has 2 fully saturated rings. The van der Waals surface area contributed by atoms with E-state index in [1.807, 2.05) is 4.72 Å². The Morgan fingerprint density at radius 3 is 2.94 bits per heavy atom. The number of rotatable bonds is 2. The van der Waals surface area contributed by atoms with E-state index in [-0.39, 0.29) is 6.04 Å². The summed E-state index contributed by atoms with van der Waals surface area (Å²) in [4.78, 5) is 11.0. The number of amides is 1. The predicted molar refractivity (Wildman–Crippen MR) is 60.5 cm³/mol. The second kappa shape index (κ2) is 4.79. The Morgan fingerprint density at radius 2 is 2.24 bits per heavy atom. The lowest BCUT2D eigenvalue weighted by Crippen LogP contribution is -2.53. The first-order valence-electron chi connectivity index (χ1n) is 5.63. The number of ether oxygens (including phenoxy) is 1. The molecular formula is C9H17N3O4S. The van der Waals surface area contributed by atoms with Crippen molar-refractivity contribution in [3.8, 4) is 0 Å². The third-order valence-corrected chi connectivity index (χ3v) is 4.83. The smallest absolute Gasteiger partial charge is 0.421 e. The van der Waals surface area contributed by atoms with Crippen LogP contribution in [0.15, 0.2) is 0 Å². The first-order chi connectivity index (χ1) is 8.04. The molecule has 2 atom stereocenters. The molecule has 2 aliphatic rings. The van der Waals surface area contributed by atoms with Gasteiger partial charge in [-0.1, -0.05) is 0 Å². The second-order valence-corrected chi connectivity index (χ2v) is 5.96. The summed E-state index contributed by atoms with van der Waals surface area (Å²) in [5.41, 5.74) is 0. The summed E-state index contributed by atoms with van der Waals surface area (Å²) >= 11 is 0. The van der Waals surface area contributed by atoms with Gasteiger partial charge in [-0.25, -0.2) is 9.52 Å². The van der Waals surface area contributed by atoms with E-state index in [0.29, 0.717) is 19.0 Å². The highest BCUT2D eigenvalue weighted by Crippen LogP contribution is 2.27. The van der Waals surface area contributed by atoms with Crippen molar-refractivity contribution < 1.29 is 17.9 Å². The van der Waals surface area contributed by atoms with Crippen molar-refractivity contribution in [3.63, 3.8) is 0 Å². The second-order valence-electron chi connectivity index (χ2n) is 4.34. The zero-order valence-corrected chi connectivity index (χ0v) is 10.5. The predicted octanol–water partition coefficient (Wildman–Crippen LogP) is -0.729. The van der Waals surface area contributed by atoms with Crippen LogP contribution in [0.3, 0.4) is 0 Å². The number of carbonyl (C=O) groups excluding carboxylic acids is 1. The summed E-state index contributed by atoms with van der Waals surface area (Å²) in [7, 11) is -2.64. The number of hydrogen-bond acceptors (Lipinski definition) is 5. The first-order valence-corrected chi connectivity index (χ1v) is 7.07. The van der Waals surface area contributed by atoms with Crippen LogP contribution in [0.5, 0.6) is 0 Å². The zero-order chi connectivity index (χ0) is 12.5. The maximum absolute atomic E-state index is 12.0. The molecule has 0 aromatic carbocycles. The molecule has 2 N–H and O–H groups in total. The molecule has 2 rings (SSSR count). The summed E-state index contributed by atoms with van der Waals surface area (Å²) in [5, 5.41) is 3.18. The molecule has 0 radical (unpaired) electrons. The molecule has 2 saturated heterocycles. The topological polar surface area (TPSA) is 87.7 Å². The van der Waals surface area contributed by atoms with Gasteiger partial charge in [0.15, 0.2) is 0 Å². The quantitative estimate of drug-likeness (QED) is 0.686. The third kappa shape index (κ3) is 2.53. The Kier molecular flexibility index (Phi) is 3.55. The first kappa shape index (κ1) is 12.6. The van der Waals surface area contributed by atoms with Crippen molar-refractivity contribution in [2.24, 2.45) is 5.92 Å². The SMILES string of the molecule is COC(=O)NS(=O)(=O)N1CCCC2CNCC21. The third-order valence-electron chi connectivity index (χ3n) is 3.33. The van der Waals surface area contributed by atoms with Gasteiger partial charge in [0.25, 0.3) is 0 Å². The highest BCUT2D eigenvalue weighted by Gasteiger charge is 2.41. The maximum Gasteiger partial charge on any atom is 0.421 e. The van der Waals surface area contributed by atoms with E-state index in [0.717, 1.165) is 26.5 Å². The summed E-state index contributed by atoms with van der Waals surface area (Å²) in [6.45, 7) is 1.94. The molecule has 0 spiro atoms. The fourth-order valence-corrected chi connectivity index (χ4v) is 3.91. The van der Waals surface area contributed by atoms with E-state index in [1.54, 1.807) is 0 Å². The maximum atomic E-state index is 12.0. The Bertz CT molecular complexity index is 397. The van der Waals surface area contributed by atoms with Crippen molar-refractivity contribution in [2.45, 2.75) is 18.9 Å². The number of piperidine rings is 1. The highest BCUT2D eigenvalue weighted by molar-refractivity contribution is 7.87. The molecular weight excluding hydrogens is 246 g/mol. The Hall–Kier alpha value is -0.860. The number of nitrogens with zero attached hydrogens (tertiary/aromatic N) is 1. The van der Waals surface area contributed by atoms with E-state index < -0.39 is 16.3 Å². The van der Waals surface area contributed by atoms with Gasteiger partial charge >= 0.3 is 16.3 Å². The Morgan fingerprint density at radius 1 is 1.47 bits per heavy atom. The van der Waals surface area contributed by atoms with Crippen LogP contribution in [0.25, 0.3) is 0 Å². The molecule has 17 heavy (non-hydrogen) atoms. The molecule has 98 valence electrons. The summed E-state index contributed by atoms with van der Waals surface area (Å²) in [5.74, 6) is 0.345. The van der Waals surface area contributed by atoms with Gasteiger partial charge < -0.3 is 10.1 Å². The molecule has 0 aromatic heterocycles. The Balaban J connectivity index is 2.12. The van der Waals surface area contributed by atoms with Gasteiger partial charge in [-0.2, -0.15) is 12.7 Å². The monoisotopic (exact) mass is 263 g/mol. The van der Waals surface area contributed by atoms with E-state index in [1.165, 1.54) is 4.31 Å². The van der Waals surface area contributed by atoms with Crippen molar-refractivity contribution in [1.29, 1.82) is 0 Å². The largest absolute Gasteiger partial charge is 0.452 e. The number of methoxy groups -OCH3 is 1. The van der Waals surface area contributed by atoms with Crippen molar-refractivity contribution >= 4 is 16.3 Å². The number of hydrogen-bond donors (Lipinski definition) is 2. The average molecular weight is 263 g/mol. The van der Waals surface area contributed by atoms with Crippen LogP contribution < -0.4 is 10.0 Å². The van der Waals surface area contributed by atoms with Gasteiger partial charge in [0.1, 0.15) is 0 Å². The molecule has 0 bridgehead atoms. The van der Waals surface area contributed by atoms with E-state index in [4.69, 9.17) is 0 Å². The van der Waals surface area contributed by atoms with Crippen LogP contribution in [-0.4, -0.2) is 51.6 Å². The van der Waals surface area contributed by atoms with Crippen molar-refractivity contribution in [1.82, 2.24) is 14.3 Å². The van der Waals surface area contributed by atoms with Crippen molar-refractivity contribution in [2.75, 3.05) is 26.7 Å². The van der Waals surface area contributed by atoms with Gasteiger partial charge in [0.05, 0.1) is 7.11 Å². The summed E-state index contributed by atoms with van der Waals surface area (Å²) in [6, 6.07) is -0.0501. The van der Waals surface area contributed by atoms with Crippen LogP contribution in [0, 0.1) is 5.92 Å². The standard InChI is InChI=1S/C9H17N3O4S/c1-16-9(13)11-17(14,15)12-4-2-3-7-5-10-6-8(7)12/h7-8,10H,2-6H2,1H3,(H,11,13). The van der Waals surface area contributed by atoms with Crippen LogP contribution >= 0.6 is 0 Å². The lowest BCUT2D eigenvalue weighted by atomic mass is 9.94. The van der Waals surface area contributed by atoms with Gasteiger partial charge in [-0.3, -0.25) is 0 Å². The van der Waals surface area contributed by atoms with Crippen LogP contribution in [-0.2, 0) is 14.9 Å². The lowest BCUT2D eigenvalue weighted by Gasteiger charge is -2.35. The van der Waals surface area contributed by atoms with Crippen LogP contribution in [0.4, 0.5) is 4.79 Å². The molecule has 2 unspecified atom stereocenters. The molecule has 2 heterocycles. The van der Waals surface area contributed by atoms with Gasteiger partial charge in [-0.05, 0) is 25.3 Å². The van der Waals surface area contributed by atoms with E-state index in [2.05, 4.69) is 10.1 Å². The highest BCUT2D eigenvalue weighted by atomic mass is 32.2. The van der Waals surface area contributed by atoms with Gasteiger partial charge in [-0.15, -0.1) is 0 Å². The summed E-state index contributed by atoms with van der Waals surface area (Å²) in [6.07, 6.45) is 0.908. The molecule has 8 heteroatoms. The molecule has 1 amide bonds. The normalized spacial score (nSPS) is 29.7. The molecule has 7 nitrogen and oxygen atoms in total. The fourth-order valence-electron chi connectivity index (χ4n) is 2.53. The lowest BCUT2D eigenvalue weighted by molar-refractivity contribution is 0.174. The van der Waals surface area contributed by atoms with Gasteiger partial charge in [0.2, 0.25) is 0 Å². The molecule has 2 aliphatic heterocycles. The molecule has 0 saturated carbocycles. The van der Waals surface area contributed by atoms with Gasteiger partial charge in [0, 0.05) is 19.1 Å². The molecule has 0 aromatic rings. The fraction of sp³-hybridized carbons (Fsp3) is 0.889. The Labute approximate surface area is 101 Å². The minimum absolute atomic E-state index is 0.0501. The minimum atomic E-state index is -3.78. The van der Waals surface area contributed by atoms with Crippen molar-refractivity contribution in [3.05, 3.63) is 0 Å². The average Bonchev–Trinajstić information content (AvgIpc) is 2.75. The number of carbonyl (C=O) groups is 1. The summed E-state index contributed by atoms with van der Waals surface area (Å²) < 4.78 is 31.6. The minimum Gasteiger partial charge on any atom is -0.452 e. The van der Waals surface area contributed by atoms with Crippen LogP contribution in [0.2, 0.25) is 0 Å². The molecule has 0 aliphatic carbocycles.